The molecule has 0 unspecified atom stereocenters. The van der Waals surface area contributed by atoms with Crippen LogP contribution in [0.1, 0.15) is 20.7 Å². The van der Waals surface area contributed by atoms with E-state index < -0.39 is 5.97 Å². The number of aromatic carboxylic acids is 1. The molecule has 0 aliphatic carbocycles. The number of rotatable bonds is 4. The van der Waals surface area contributed by atoms with Crippen molar-refractivity contribution in [2.24, 2.45) is 0 Å². The summed E-state index contributed by atoms with van der Waals surface area (Å²) < 4.78 is 0. The average molecular weight is 357 g/mol. The van der Waals surface area contributed by atoms with Gasteiger partial charge in [-0.2, -0.15) is 0 Å². The maximum absolute atomic E-state index is 12.4. The van der Waals surface area contributed by atoms with Crippen molar-refractivity contribution in [3.63, 3.8) is 0 Å². The quantitative estimate of drug-likeness (QED) is 0.510. The fraction of sp³-hybridized carbons (Fsp3) is 0. The zero-order chi connectivity index (χ0) is 18.8. The van der Waals surface area contributed by atoms with E-state index in [1.165, 1.54) is 12.1 Å². The number of nitrogens with zero attached hydrogens (tertiary/aromatic N) is 1. The van der Waals surface area contributed by atoms with Gasteiger partial charge < -0.3 is 15.4 Å². The van der Waals surface area contributed by atoms with Crippen LogP contribution in [-0.4, -0.2) is 27.0 Å². The van der Waals surface area contributed by atoms with Crippen molar-refractivity contribution in [2.75, 3.05) is 5.32 Å². The van der Waals surface area contributed by atoms with Crippen LogP contribution in [0.15, 0.2) is 72.8 Å². The van der Waals surface area contributed by atoms with Gasteiger partial charge >= 0.3 is 5.97 Å². The molecule has 3 aromatic carbocycles. The number of fused-ring (bicyclic) bond motifs is 1. The van der Waals surface area contributed by atoms with E-state index in [1.54, 1.807) is 30.3 Å². The maximum Gasteiger partial charge on any atom is 0.335 e. The molecule has 4 aromatic rings. The molecule has 0 bridgehead atoms. The molecule has 4 rings (SSSR count). The molecule has 1 amide bonds. The predicted molar refractivity (Wildman–Crippen MR) is 103 cm³/mol. The molecule has 1 heterocycles. The van der Waals surface area contributed by atoms with Crippen molar-refractivity contribution in [3.8, 4) is 11.4 Å². The van der Waals surface area contributed by atoms with E-state index in [0.717, 1.165) is 22.3 Å². The second kappa shape index (κ2) is 6.76. The fourth-order valence-corrected chi connectivity index (χ4v) is 2.78. The third-order valence-corrected chi connectivity index (χ3v) is 4.18. The number of imidazole rings is 1. The molecule has 6 nitrogen and oxygen atoms in total. The van der Waals surface area contributed by atoms with Gasteiger partial charge in [-0.25, -0.2) is 9.78 Å². The Kier molecular flexibility index (Phi) is 4.14. The summed E-state index contributed by atoms with van der Waals surface area (Å²) in [6, 6.07) is 21.0. The predicted octanol–water partition coefficient (Wildman–Crippen LogP) is 4.18. The highest BCUT2D eigenvalue weighted by Crippen LogP contribution is 2.22. The lowest BCUT2D eigenvalue weighted by molar-refractivity contribution is 0.0696. The van der Waals surface area contributed by atoms with Gasteiger partial charge in [0.1, 0.15) is 5.82 Å². The summed E-state index contributed by atoms with van der Waals surface area (Å²) in [6.45, 7) is 0. The van der Waals surface area contributed by atoms with Crippen LogP contribution in [0, 0.1) is 0 Å². The zero-order valence-electron chi connectivity index (χ0n) is 14.1. The number of para-hydroxylation sites is 1. The van der Waals surface area contributed by atoms with Crippen molar-refractivity contribution in [2.45, 2.75) is 0 Å². The van der Waals surface area contributed by atoms with Gasteiger partial charge in [-0.15, -0.1) is 0 Å². The second-order valence-corrected chi connectivity index (χ2v) is 6.02. The Morgan fingerprint density at radius 2 is 1.59 bits per heavy atom. The number of hydrogen-bond donors (Lipinski definition) is 3. The van der Waals surface area contributed by atoms with Crippen molar-refractivity contribution in [3.05, 3.63) is 83.9 Å². The van der Waals surface area contributed by atoms with Crippen LogP contribution in [0.5, 0.6) is 0 Å². The van der Waals surface area contributed by atoms with Crippen LogP contribution in [0.4, 0.5) is 5.69 Å². The summed E-state index contributed by atoms with van der Waals surface area (Å²) in [5.74, 6) is -0.562. The van der Waals surface area contributed by atoms with E-state index in [-0.39, 0.29) is 11.5 Å². The van der Waals surface area contributed by atoms with E-state index >= 15 is 0 Å². The Morgan fingerprint density at radius 3 is 2.30 bits per heavy atom. The number of amides is 1. The highest BCUT2D eigenvalue weighted by Gasteiger charge is 2.11. The number of carboxylic acid groups (broad SMARTS) is 1. The third kappa shape index (κ3) is 3.41. The summed E-state index contributed by atoms with van der Waals surface area (Å²) in [4.78, 5) is 31.1. The minimum absolute atomic E-state index is 0.204. The molecular weight excluding hydrogens is 342 g/mol. The number of carbonyl (C=O) groups excluding carboxylic acids is 1. The molecule has 0 spiro atoms. The number of aromatic amines is 1. The highest BCUT2D eigenvalue weighted by atomic mass is 16.4. The van der Waals surface area contributed by atoms with Gasteiger partial charge in [0.2, 0.25) is 0 Å². The molecule has 6 heteroatoms. The number of anilines is 1. The molecule has 132 valence electrons. The minimum atomic E-state index is -0.972. The number of nitrogens with one attached hydrogen (secondary N) is 2. The molecule has 3 N–H and O–H groups in total. The molecule has 1 aromatic heterocycles. The van der Waals surface area contributed by atoms with Gasteiger partial charge in [-0.05, 0) is 42.5 Å². The van der Waals surface area contributed by atoms with Gasteiger partial charge in [0.15, 0.2) is 0 Å². The fourth-order valence-electron chi connectivity index (χ4n) is 2.78. The van der Waals surface area contributed by atoms with Crippen LogP contribution in [0.25, 0.3) is 22.4 Å². The van der Waals surface area contributed by atoms with Crippen molar-refractivity contribution in [1.82, 2.24) is 9.97 Å². The molecule has 0 fully saturated rings. The Bertz CT molecular complexity index is 1130. The largest absolute Gasteiger partial charge is 0.478 e. The summed E-state index contributed by atoms with van der Waals surface area (Å²) >= 11 is 0. The van der Waals surface area contributed by atoms with E-state index in [0.29, 0.717) is 11.4 Å². The number of carbonyl (C=O) groups is 2. The lowest BCUT2D eigenvalue weighted by atomic mass is 10.1. The smallest absolute Gasteiger partial charge is 0.335 e. The lowest BCUT2D eigenvalue weighted by Gasteiger charge is -2.04. The first-order valence-electron chi connectivity index (χ1n) is 8.30. The molecular formula is C21H15N3O3. The number of hydrogen-bond acceptors (Lipinski definition) is 3. The first-order valence-corrected chi connectivity index (χ1v) is 8.30. The molecule has 0 aliphatic rings. The summed E-state index contributed by atoms with van der Waals surface area (Å²) in [5.41, 5.74) is 3.69. The average Bonchev–Trinajstić information content (AvgIpc) is 3.12. The first kappa shape index (κ1) is 16.5. The normalized spacial score (nSPS) is 10.7. The topological polar surface area (TPSA) is 95.1 Å². The molecule has 0 saturated heterocycles. The van der Waals surface area contributed by atoms with Crippen molar-refractivity contribution >= 4 is 28.6 Å². The third-order valence-electron chi connectivity index (χ3n) is 4.18. The lowest BCUT2D eigenvalue weighted by Crippen LogP contribution is -2.11. The Hall–Kier alpha value is -3.93. The molecule has 0 saturated carbocycles. The van der Waals surface area contributed by atoms with Gasteiger partial charge in [0.05, 0.1) is 16.6 Å². The standard InChI is InChI=1S/C21H15N3O3/c25-20(22-16-4-2-1-3-5-16)15-10-11-17-18(12-15)24-19(23-17)13-6-8-14(9-7-13)21(26)27/h1-12H,(H,22,25)(H,23,24)(H,26,27). The summed E-state index contributed by atoms with van der Waals surface area (Å²) in [5, 5.41) is 11.8. The maximum atomic E-state index is 12.4. The number of carboxylic acids is 1. The Balaban J connectivity index is 1.61. The van der Waals surface area contributed by atoms with Gasteiger partial charge in [-0.1, -0.05) is 30.3 Å². The van der Waals surface area contributed by atoms with Crippen molar-refractivity contribution in [1.29, 1.82) is 0 Å². The highest BCUT2D eigenvalue weighted by molar-refractivity contribution is 6.06. The van der Waals surface area contributed by atoms with Gasteiger partial charge in [0, 0.05) is 16.8 Å². The minimum Gasteiger partial charge on any atom is -0.478 e. The van der Waals surface area contributed by atoms with Crippen LogP contribution in [-0.2, 0) is 0 Å². The summed E-state index contributed by atoms with van der Waals surface area (Å²) in [7, 11) is 0. The van der Waals surface area contributed by atoms with Crippen LogP contribution in [0.2, 0.25) is 0 Å². The van der Waals surface area contributed by atoms with E-state index in [1.807, 2.05) is 30.3 Å². The van der Waals surface area contributed by atoms with E-state index in [9.17, 15) is 9.59 Å². The van der Waals surface area contributed by atoms with Gasteiger partial charge in [0.25, 0.3) is 5.91 Å². The Labute approximate surface area is 154 Å². The molecule has 0 radical (unpaired) electrons. The summed E-state index contributed by atoms with van der Waals surface area (Å²) in [6.07, 6.45) is 0. The molecule has 0 aliphatic heterocycles. The Morgan fingerprint density at radius 1 is 0.889 bits per heavy atom. The van der Waals surface area contributed by atoms with Crippen LogP contribution in [0.3, 0.4) is 0 Å². The van der Waals surface area contributed by atoms with E-state index in [4.69, 9.17) is 5.11 Å². The van der Waals surface area contributed by atoms with Gasteiger partial charge in [-0.3, -0.25) is 4.79 Å². The van der Waals surface area contributed by atoms with Crippen molar-refractivity contribution < 1.29 is 14.7 Å². The number of aromatic nitrogens is 2. The zero-order valence-corrected chi connectivity index (χ0v) is 14.1. The molecule has 0 atom stereocenters. The monoisotopic (exact) mass is 357 g/mol. The molecule has 27 heavy (non-hydrogen) atoms. The second-order valence-electron chi connectivity index (χ2n) is 6.02. The van der Waals surface area contributed by atoms with Crippen LogP contribution >= 0.6 is 0 Å². The van der Waals surface area contributed by atoms with Crippen LogP contribution < -0.4 is 5.32 Å². The van der Waals surface area contributed by atoms with E-state index in [2.05, 4.69) is 15.3 Å². The first-order chi connectivity index (χ1) is 13.1. The number of H-pyrrole nitrogens is 1. The number of benzene rings is 3. The SMILES string of the molecule is O=C(O)c1ccc(-c2nc3ccc(C(=O)Nc4ccccc4)cc3[nH]2)cc1.